The minimum Gasteiger partial charge on any atom is -0.456 e. The van der Waals surface area contributed by atoms with Crippen molar-refractivity contribution < 1.29 is 32.6 Å². The Hall–Kier alpha value is -4.12. The Morgan fingerprint density at radius 3 is 2.14 bits per heavy atom. The molecule has 1 aliphatic rings. The average Bonchev–Trinajstić information content (AvgIpc) is 3.05. The van der Waals surface area contributed by atoms with E-state index in [-0.39, 0.29) is 11.1 Å². The Bertz CT molecular complexity index is 1340. The first-order chi connectivity index (χ1) is 16.6. The molecule has 11 heteroatoms. The monoisotopic (exact) mass is 486 g/mol. The quantitative estimate of drug-likeness (QED) is 0.532. The second-order valence-electron chi connectivity index (χ2n) is 8.02. The Balaban J connectivity index is 1.67. The number of benzene rings is 2. The van der Waals surface area contributed by atoms with Crippen LogP contribution in [0.15, 0.2) is 82.5 Å². The fourth-order valence-corrected chi connectivity index (χ4v) is 3.72. The van der Waals surface area contributed by atoms with Crippen molar-refractivity contribution in [3.63, 3.8) is 0 Å². The van der Waals surface area contributed by atoms with Gasteiger partial charge in [0.25, 0.3) is 11.4 Å². The molecule has 182 valence electrons. The van der Waals surface area contributed by atoms with Crippen molar-refractivity contribution in [2.45, 2.75) is 30.8 Å². The molecule has 1 unspecified atom stereocenters. The third kappa shape index (κ3) is 4.62. The van der Waals surface area contributed by atoms with Gasteiger partial charge in [0, 0.05) is 12.3 Å². The van der Waals surface area contributed by atoms with Crippen molar-refractivity contribution in [2.75, 3.05) is 6.61 Å². The van der Waals surface area contributed by atoms with Gasteiger partial charge >= 0.3 is 17.6 Å². The first kappa shape index (κ1) is 24.0. The summed E-state index contributed by atoms with van der Waals surface area (Å²) in [6, 6.07) is 16.1. The van der Waals surface area contributed by atoms with E-state index in [0.29, 0.717) is 4.57 Å². The zero-order chi connectivity index (χ0) is 25.2. The maximum absolute atomic E-state index is 15.8. The van der Waals surface area contributed by atoms with Crippen LogP contribution >= 0.6 is 0 Å². The van der Waals surface area contributed by atoms with Crippen LogP contribution in [0.25, 0.3) is 0 Å². The molecule has 4 rings (SSSR count). The number of aromatic amines is 1. The lowest BCUT2D eigenvalue weighted by Gasteiger charge is -2.31. The van der Waals surface area contributed by atoms with Crippen LogP contribution in [0, 0.1) is 0 Å². The van der Waals surface area contributed by atoms with Gasteiger partial charge in [-0.25, -0.2) is 23.2 Å². The Morgan fingerprint density at radius 1 is 1.00 bits per heavy atom. The van der Waals surface area contributed by atoms with E-state index < -0.39 is 53.6 Å². The largest absolute Gasteiger partial charge is 0.456 e. The zero-order valence-corrected chi connectivity index (χ0v) is 18.4. The first-order valence-electron chi connectivity index (χ1n) is 10.5. The van der Waals surface area contributed by atoms with Gasteiger partial charge in [-0.3, -0.25) is 14.3 Å². The molecule has 2 heterocycles. The van der Waals surface area contributed by atoms with E-state index in [1.165, 1.54) is 24.3 Å². The fraction of sp³-hybridized carbons (Fsp3) is 0.250. The summed E-state index contributed by atoms with van der Waals surface area (Å²) in [5.41, 5.74) is -4.07. The number of rotatable bonds is 6. The summed E-state index contributed by atoms with van der Waals surface area (Å²) in [7, 11) is 0. The molecule has 0 aliphatic carbocycles. The molecule has 3 aromatic rings. The predicted octanol–water partition coefficient (Wildman–Crippen LogP) is 2.54. The second kappa shape index (κ2) is 9.26. The van der Waals surface area contributed by atoms with Gasteiger partial charge in [0.1, 0.15) is 0 Å². The number of nitrogens with zero attached hydrogens (tertiary/aromatic N) is 1. The van der Waals surface area contributed by atoms with E-state index in [4.69, 9.17) is 14.2 Å². The van der Waals surface area contributed by atoms with Gasteiger partial charge in [-0.2, -0.15) is 0 Å². The smallest absolute Gasteiger partial charge is 0.338 e. The van der Waals surface area contributed by atoms with Crippen LogP contribution in [0.5, 0.6) is 0 Å². The van der Waals surface area contributed by atoms with E-state index in [2.05, 4.69) is 0 Å². The summed E-state index contributed by atoms with van der Waals surface area (Å²) < 4.78 is 47.8. The molecule has 0 amide bonds. The maximum atomic E-state index is 15.8. The standard InChI is InChI=1S/C24H20F2N2O7/c1-23(34-19(31)16-10-6-3-7-11-16)20(25)24(26,14-33-18(30)15-8-4-2-5-9-15)35-21(23)28-13-12-17(29)27-22(28)32/h2-13,20-21H,14H2,1H3,(H,27,29,32)/t20?,21-,23-,24-/m1/s1. The topological polar surface area (TPSA) is 117 Å². The third-order valence-electron chi connectivity index (χ3n) is 5.52. The highest BCUT2D eigenvalue weighted by Gasteiger charge is 2.68. The average molecular weight is 486 g/mol. The molecule has 1 fully saturated rings. The van der Waals surface area contributed by atoms with Gasteiger partial charge in [-0.15, -0.1) is 0 Å². The summed E-state index contributed by atoms with van der Waals surface area (Å²) in [4.78, 5) is 50.8. The molecule has 2 aromatic carbocycles. The number of hydrogen-bond donors (Lipinski definition) is 1. The van der Waals surface area contributed by atoms with Crippen molar-refractivity contribution in [1.82, 2.24) is 9.55 Å². The van der Waals surface area contributed by atoms with Crippen LogP contribution in [0.4, 0.5) is 8.78 Å². The number of H-pyrrole nitrogens is 1. The van der Waals surface area contributed by atoms with Crippen molar-refractivity contribution in [1.29, 1.82) is 0 Å². The summed E-state index contributed by atoms with van der Waals surface area (Å²) >= 11 is 0. The minimum absolute atomic E-state index is 0.0420. The molecule has 4 atom stereocenters. The molecule has 0 radical (unpaired) electrons. The number of carbonyl (C=O) groups is 2. The van der Waals surface area contributed by atoms with Gasteiger partial charge in [0.15, 0.2) is 18.4 Å². The number of carbonyl (C=O) groups excluding carboxylic acids is 2. The highest BCUT2D eigenvalue weighted by Crippen LogP contribution is 2.49. The zero-order valence-electron chi connectivity index (χ0n) is 18.4. The van der Waals surface area contributed by atoms with Gasteiger partial charge in [0.05, 0.1) is 11.1 Å². The van der Waals surface area contributed by atoms with E-state index in [0.717, 1.165) is 19.2 Å². The van der Waals surface area contributed by atoms with Crippen LogP contribution in [-0.2, 0) is 14.2 Å². The molecule has 0 spiro atoms. The lowest BCUT2D eigenvalue weighted by Crippen LogP contribution is -2.50. The molecule has 0 saturated carbocycles. The Labute approximate surface area is 196 Å². The van der Waals surface area contributed by atoms with E-state index in [1.807, 2.05) is 4.98 Å². The van der Waals surface area contributed by atoms with Crippen LogP contribution in [0.2, 0.25) is 0 Å². The summed E-state index contributed by atoms with van der Waals surface area (Å²) in [5.74, 6) is -5.24. The summed E-state index contributed by atoms with van der Waals surface area (Å²) in [6.07, 6.45) is -3.60. The van der Waals surface area contributed by atoms with Crippen LogP contribution in [-0.4, -0.2) is 45.7 Å². The molecule has 1 saturated heterocycles. The van der Waals surface area contributed by atoms with Crippen LogP contribution < -0.4 is 11.2 Å². The molecule has 1 aromatic heterocycles. The van der Waals surface area contributed by atoms with Gasteiger partial charge in [-0.1, -0.05) is 36.4 Å². The van der Waals surface area contributed by atoms with Gasteiger partial charge in [-0.05, 0) is 31.2 Å². The van der Waals surface area contributed by atoms with E-state index in [1.54, 1.807) is 36.4 Å². The number of nitrogens with one attached hydrogen (secondary N) is 1. The summed E-state index contributed by atoms with van der Waals surface area (Å²) in [5, 5.41) is 0. The first-order valence-corrected chi connectivity index (χ1v) is 10.5. The maximum Gasteiger partial charge on any atom is 0.338 e. The fourth-order valence-electron chi connectivity index (χ4n) is 3.72. The number of hydrogen-bond acceptors (Lipinski definition) is 7. The second-order valence-corrected chi connectivity index (χ2v) is 8.02. The Morgan fingerprint density at radius 2 is 1.57 bits per heavy atom. The normalized spacial score (nSPS) is 25.7. The van der Waals surface area contributed by atoms with Gasteiger partial charge < -0.3 is 14.2 Å². The van der Waals surface area contributed by atoms with Crippen LogP contribution in [0.3, 0.4) is 0 Å². The molecular weight excluding hydrogens is 466 g/mol. The van der Waals surface area contributed by atoms with Crippen molar-refractivity contribution in [3.05, 3.63) is 105 Å². The number of esters is 2. The molecule has 1 N–H and O–H groups in total. The lowest BCUT2D eigenvalue weighted by atomic mass is 9.95. The highest BCUT2D eigenvalue weighted by molar-refractivity contribution is 5.90. The third-order valence-corrected chi connectivity index (χ3v) is 5.52. The van der Waals surface area contributed by atoms with Crippen molar-refractivity contribution >= 4 is 11.9 Å². The molecule has 9 nitrogen and oxygen atoms in total. The minimum atomic E-state index is -3.30. The lowest BCUT2D eigenvalue weighted by molar-refractivity contribution is -0.198. The molecular formula is C24H20F2N2O7. The van der Waals surface area contributed by atoms with E-state index in [9.17, 15) is 19.2 Å². The number of ether oxygens (including phenoxy) is 3. The number of aromatic nitrogens is 2. The highest BCUT2D eigenvalue weighted by atomic mass is 19.2. The van der Waals surface area contributed by atoms with Crippen LogP contribution in [0.1, 0.15) is 33.9 Å². The van der Waals surface area contributed by atoms with Gasteiger partial charge in [0.2, 0.25) is 6.17 Å². The molecule has 1 aliphatic heterocycles. The summed E-state index contributed by atoms with van der Waals surface area (Å²) in [6.45, 7) is -0.157. The van der Waals surface area contributed by atoms with E-state index >= 15 is 8.78 Å². The molecule has 35 heavy (non-hydrogen) atoms. The molecule has 0 bridgehead atoms. The Kier molecular flexibility index (Phi) is 6.35. The van der Waals surface area contributed by atoms with Crippen molar-refractivity contribution in [3.8, 4) is 0 Å². The number of alkyl halides is 2. The van der Waals surface area contributed by atoms with Crippen molar-refractivity contribution in [2.24, 2.45) is 0 Å². The number of halogens is 2. The predicted molar refractivity (Wildman–Crippen MR) is 117 cm³/mol. The SMILES string of the molecule is C[C@@]1(OC(=O)c2ccccc2)C(F)[C@@](F)(COC(=O)c2ccccc2)O[C@H]1n1ccc(=O)[nH]c1=O.